The number of ether oxygens (including phenoxy) is 1. The highest BCUT2D eigenvalue weighted by molar-refractivity contribution is 9.10. The van der Waals surface area contributed by atoms with E-state index >= 15 is 0 Å². The van der Waals surface area contributed by atoms with Crippen LogP contribution in [0.25, 0.3) is 0 Å². The summed E-state index contributed by atoms with van der Waals surface area (Å²) in [5.41, 5.74) is 2.88. The fraction of sp³-hybridized carbons (Fsp3) is 0.105. The molecule has 25 heavy (non-hydrogen) atoms. The van der Waals surface area contributed by atoms with Gasteiger partial charge in [-0.3, -0.25) is 4.79 Å². The molecule has 0 saturated carbocycles. The molecule has 1 N–H and O–H groups in total. The van der Waals surface area contributed by atoms with Crippen molar-refractivity contribution in [3.05, 3.63) is 76.0 Å². The Kier molecular flexibility index (Phi) is 5.09. The van der Waals surface area contributed by atoms with Crippen LogP contribution in [-0.2, 0) is 0 Å². The minimum absolute atomic E-state index is 0.188. The lowest BCUT2D eigenvalue weighted by molar-refractivity contribution is 0.102. The van der Waals surface area contributed by atoms with Crippen LogP contribution < -0.4 is 10.1 Å². The second-order valence-corrected chi connectivity index (χ2v) is 6.44. The number of anilines is 1. The van der Waals surface area contributed by atoms with Crippen molar-refractivity contribution in [1.82, 2.24) is 9.97 Å². The summed E-state index contributed by atoms with van der Waals surface area (Å²) in [7, 11) is 0. The van der Waals surface area contributed by atoms with Gasteiger partial charge in [-0.05, 0) is 56.3 Å². The van der Waals surface area contributed by atoms with Crippen LogP contribution in [0.5, 0.6) is 11.8 Å². The quantitative estimate of drug-likeness (QED) is 0.679. The molecule has 1 heterocycles. The van der Waals surface area contributed by atoms with Gasteiger partial charge in [-0.1, -0.05) is 22.0 Å². The van der Waals surface area contributed by atoms with E-state index in [0.29, 0.717) is 17.0 Å². The summed E-state index contributed by atoms with van der Waals surface area (Å²) < 4.78 is 6.63. The first-order valence-electron chi connectivity index (χ1n) is 7.67. The van der Waals surface area contributed by atoms with Crippen molar-refractivity contribution in [1.29, 1.82) is 0 Å². The van der Waals surface area contributed by atoms with E-state index in [0.717, 1.165) is 15.9 Å². The number of hydrogen-bond donors (Lipinski definition) is 1. The minimum atomic E-state index is -0.188. The Hall–Kier alpha value is -2.73. The lowest BCUT2D eigenvalue weighted by Gasteiger charge is -2.09. The first kappa shape index (κ1) is 17.1. The van der Waals surface area contributed by atoms with Crippen LogP contribution >= 0.6 is 15.9 Å². The summed E-state index contributed by atoms with van der Waals surface area (Å²) in [6.07, 6.45) is 0. The number of carbonyl (C=O) groups is 1. The number of aromatic nitrogens is 2. The summed E-state index contributed by atoms with van der Waals surface area (Å²) >= 11 is 3.35. The Morgan fingerprint density at radius 3 is 2.36 bits per heavy atom. The molecule has 3 aromatic rings. The third-order valence-electron chi connectivity index (χ3n) is 3.37. The third-order valence-corrected chi connectivity index (χ3v) is 3.90. The van der Waals surface area contributed by atoms with E-state index in [-0.39, 0.29) is 11.9 Å². The maximum Gasteiger partial charge on any atom is 0.322 e. The largest absolute Gasteiger partial charge is 0.424 e. The molecular formula is C19H16BrN3O2. The van der Waals surface area contributed by atoms with Crippen molar-refractivity contribution in [2.75, 3.05) is 5.32 Å². The summed E-state index contributed by atoms with van der Waals surface area (Å²) in [5, 5.41) is 2.85. The Balaban J connectivity index is 1.74. The molecule has 2 aromatic carbocycles. The van der Waals surface area contributed by atoms with Crippen LogP contribution in [0.1, 0.15) is 21.7 Å². The van der Waals surface area contributed by atoms with Crippen molar-refractivity contribution >= 4 is 27.5 Å². The number of carbonyl (C=O) groups excluding carboxylic acids is 1. The number of benzene rings is 2. The molecule has 6 heteroatoms. The zero-order valence-electron chi connectivity index (χ0n) is 13.8. The van der Waals surface area contributed by atoms with Gasteiger partial charge in [0.1, 0.15) is 5.75 Å². The maximum atomic E-state index is 12.3. The van der Waals surface area contributed by atoms with Gasteiger partial charge in [-0.25, -0.2) is 9.97 Å². The summed E-state index contributed by atoms with van der Waals surface area (Å²) in [4.78, 5) is 20.8. The van der Waals surface area contributed by atoms with E-state index in [1.807, 2.05) is 32.0 Å². The zero-order chi connectivity index (χ0) is 17.8. The second-order valence-electron chi connectivity index (χ2n) is 5.52. The van der Waals surface area contributed by atoms with Gasteiger partial charge in [0.25, 0.3) is 5.91 Å². The number of halogens is 1. The number of nitrogens with zero attached hydrogens (tertiary/aromatic N) is 2. The average Bonchev–Trinajstić information content (AvgIpc) is 2.54. The molecule has 0 aliphatic heterocycles. The molecule has 0 spiro atoms. The number of nitrogens with one attached hydrogen (secondary N) is 1. The summed E-state index contributed by atoms with van der Waals surface area (Å²) in [6, 6.07) is 16.4. The standard InChI is InChI=1S/C19H16BrN3O2/c1-12-10-13(2)22-19(21-12)25-17-5-3-4-16(11-17)23-18(24)14-6-8-15(20)9-7-14/h3-11H,1-2H3,(H,23,24). The number of rotatable bonds is 4. The van der Waals surface area contributed by atoms with Gasteiger partial charge in [0.2, 0.25) is 0 Å². The number of amides is 1. The highest BCUT2D eigenvalue weighted by atomic mass is 79.9. The Morgan fingerprint density at radius 1 is 1.00 bits per heavy atom. The monoisotopic (exact) mass is 397 g/mol. The SMILES string of the molecule is Cc1cc(C)nc(Oc2cccc(NC(=O)c3ccc(Br)cc3)c2)n1. The normalized spacial score (nSPS) is 10.4. The molecule has 0 bridgehead atoms. The Labute approximate surface area is 154 Å². The molecule has 0 radical (unpaired) electrons. The molecule has 126 valence electrons. The van der Waals surface area contributed by atoms with E-state index in [4.69, 9.17) is 4.74 Å². The van der Waals surface area contributed by atoms with Crippen molar-refractivity contribution < 1.29 is 9.53 Å². The molecule has 0 atom stereocenters. The predicted molar refractivity (Wildman–Crippen MR) is 100 cm³/mol. The van der Waals surface area contributed by atoms with Gasteiger partial charge in [-0.2, -0.15) is 0 Å². The lowest BCUT2D eigenvalue weighted by atomic mass is 10.2. The Morgan fingerprint density at radius 2 is 1.68 bits per heavy atom. The van der Waals surface area contributed by atoms with E-state index in [2.05, 4.69) is 31.2 Å². The lowest BCUT2D eigenvalue weighted by Crippen LogP contribution is -2.11. The van der Waals surface area contributed by atoms with E-state index in [9.17, 15) is 4.79 Å². The van der Waals surface area contributed by atoms with Gasteiger partial charge >= 0.3 is 6.01 Å². The zero-order valence-corrected chi connectivity index (χ0v) is 15.4. The smallest absolute Gasteiger partial charge is 0.322 e. The molecular weight excluding hydrogens is 382 g/mol. The molecule has 1 aromatic heterocycles. The molecule has 5 nitrogen and oxygen atoms in total. The fourth-order valence-corrected chi connectivity index (χ4v) is 2.55. The molecule has 0 saturated heterocycles. The summed E-state index contributed by atoms with van der Waals surface area (Å²) in [5.74, 6) is 0.367. The Bertz CT molecular complexity index is 891. The predicted octanol–water partition coefficient (Wildman–Crippen LogP) is 4.90. The molecule has 0 fully saturated rings. The number of hydrogen-bond acceptors (Lipinski definition) is 4. The van der Waals surface area contributed by atoms with Crippen molar-refractivity contribution in [2.45, 2.75) is 13.8 Å². The van der Waals surface area contributed by atoms with Gasteiger partial charge in [0.05, 0.1) is 0 Å². The highest BCUT2D eigenvalue weighted by Crippen LogP contribution is 2.23. The summed E-state index contributed by atoms with van der Waals surface area (Å²) in [6.45, 7) is 3.77. The fourth-order valence-electron chi connectivity index (χ4n) is 2.29. The van der Waals surface area contributed by atoms with Crippen LogP contribution in [0.4, 0.5) is 5.69 Å². The minimum Gasteiger partial charge on any atom is -0.424 e. The van der Waals surface area contributed by atoms with Crippen LogP contribution in [0.3, 0.4) is 0 Å². The first-order valence-corrected chi connectivity index (χ1v) is 8.46. The van der Waals surface area contributed by atoms with Crippen LogP contribution in [-0.4, -0.2) is 15.9 Å². The van der Waals surface area contributed by atoms with Crippen molar-refractivity contribution in [3.63, 3.8) is 0 Å². The van der Waals surface area contributed by atoms with Gasteiger partial charge in [0, 0.05) is 33.2 Å². The molecule has 3 rings (SSSR count). The third kappa shape index (κ3) is 4.64. The second kappa shape index (κ2) is 7.44. The topological polar surface area (TPSA) is 64.1 Å². The number of aryl methyl sites for hydroxylation is 2. The van der Waals surface area contributed by atoms with Gasteiger partial charge in [-0.15, -0.1) is 0 Å². The van der Waals surface area contributed by atoms with Crippen LogP contribution in [0.2, 0.25) is 0 Å². The first-order chi connectivity index (χ1) is 12.0. The van der Waals surface area contributed by atoms with Crippen molar-refractivity contribution in [3.8, 4) is 11.8 Å². The molecule has 0 aliphatic carbocycles. The molecule has 0 aliphatic rings. The van der Waals surface area contributed by atoms with Crippen molar-refractivity contribution in [2.24, 2.45) is 0 Å². The maximum absolute atomic E-state index is 12.3. The van der Waals surface area contributed by atoms with E-state index < -0.39 is 0 Å². The van der Waals surface area contributed by atoms with E-state index in [1.165, 1.54) is 0 Å². The average molecular weight is 398 g/mol. The van der Waals surface area contributed by atoms with E-state index in [1.54, 1.807) is 36.4 Å². The van der Waals surface area contributed by atoms with Crippen LogP contribution in [0.15, 0.2) is 59.1 Å². The highest BCUT2D eigenvalue weighted by Gasteiger charge is 2.08. The van der Waals surface area contributed by atoms with Gasteiger partial charge in [0.15, 0.2) is 0 Å². The van der Waals surface area contributed by atoms with Gasteiger partial charge < -0.3 is 10.1 Å². The molecule has 0 unspecified atom stereocenters. The van der Waals surface area contributed by atoms with Crippen LogP contribution in [0, 0.1) is 13.8 Å². The molecule has 1 amide bonds.